The molecule has 0 atom stereocenters. The van der Waals surface area contributed by atoms with Gasteiger partial charge in [0.2, 0.25) is 0 Å². The Balaban J connectivity index is 2.84. The molecule has 3 nitrogen and oxygen atoms in total. The van der Waals surface area contributed by atoms with Gasteiger partial charge in [0.15, 0.2) is 17.5 Å². The Bertz CT molecular complexity index is 598. The van der Waals surface area contributed by atoms with Crippen molar-refractivity contribution in [1.82, 2.24) is 4.98 Å². The lowest BCUT2D eigenvalue weighted by Crippen LogP contribution is -2.02. The quantitative estimate of drug-likeness (QED) is 0.760. The Labute approximate surface area is 87.2 Å². The Hall–Kier alpha value is -2.11. The van der Waals surface area contributed by atoms with Gasteiger partial charge in [-0.25, -0.2) is 22.9 Å². The summed E-state index contributed by atoms with van der Waals surface area (Å²) >= 11 is 0. The van der Waals surface area contributed by atoms with Crippen molar-refractivity contribution in [3.63, 3.8) is 0 Å². The average molecular weight is 227 g/mol. The normalized spacial score (nSPS) is 10.7. The van der Waals surface area contributed by atoms with Gasteiger partial charge >= 0.3 is 5.97 Å². The van der Waals surface area contributed by atoms with Crippen LogP contribution in [0, 0.1) is 17.5 Å². The van der Waals surface area contributed by atoms with Gasteiger partial charge in [-0.2, -0.15) is 0 Å². The third kappa shape index (κ3) is 1.48. The van der Waals surface area contributed by atoms with E-state index in [-0.39, 0.29) is 5.39 Å². The second-order valence-corrected chi connectivity index (χ2v) is 3.05. The lowest BCUT2D eigenvalue weighted by Gasteiger charge is -2.02. The fourth-order valence-electron chi connectivity index (χ4n) is 1.31. The van der Waals surface area contributed by atoms with Crippen molar-refractivity contribution in [1.29, 1.82) is 0 Å². The summed E-state index contributed by atoms with van der Waals surface area (Å²) in [4.78, 5) is 14.0. The molecule has 0 spiro atoms. The number of fused-ring (bicyclic) bond motifs is 1. The number of aromatic nitrogens is 1. The SMILES string of the molecule is O=C(O)c1ccc2c(F)c(F)cc(F)c2n1. The highest BCUT2D eigenvalue weighted by Crippen LogP contribution is 2.22. The van der Waals surface area contributed by atoms with Crippen LogP contribution in [0.1, 0.15) is 10.5 Å². The molecule has 82 valence electrons. The molecule has 2 aromatic rings. The van der Waals surface area contributed by atoms with E-state index in [2.05, 4.69) is 4.98 Å². The Morgan fingerprint density at radius 1 is 1.19 bits per heavy atom. The van der Waals surface area contributed by atoms with E-state index in [4.69, 9.17) is 5.11 Å². The van der Waals surface area contributed by atoms with E-state index in [0.29, 0.717) is 6.07 Å². The van der Waals surface area contributed by atoms with E-state index in [0.717, 1.165) is 12.1 Å². The van der Waals surface area contributed by atoms with Gasteiger partial charge in [-0.1, -0.05) is 0 Å². The van der Waals surface area contributed by atoms with E-state index < -0.39 is 34.6 Å². The highest BCUT2D eigenvalue weighted by atomic mass is 19.2. The summed E-state index contributed by atoms with van der Waals surface area (Å²) in [7, 11) is 0. The van der Waals surface area contributed by atoms with Crippen molar-refractivity contribution in [3.8, 4) is 0 Å². The predicted molar refractivity (Wildman–Crippen MR) is 48.6 cm³/mol. The van der Waals surface area contributed by atoms with Crippen molar-refractivity contribution < 1.29 is 23.1 Å². The molecule has 0 radical (unpaired) electrons. The molecule has 1 aromatic heterocycles. The molecule has 1 aromatic carbocycles. The Morgan fingerprint density at radius 3 is 2.50 bits per heavy atom. The zero-order valence-corrected chi connectivity index (χ0v) is 7.67. The van der Waals surface area contributed by atoms with Crippen molar-refractivity contribution >= 4 is 16.9 Å². The molecule has 1 heterocycles. The maximum atomic E-state index is 13.2. The van der Waals surface area contributed by atoms with Crippen LogP contribution < -0.4 is 0 Å². The van der Waals surface area contributed by atoms with Crippen LogP contribution in [-0.4, -0.2) is 16.1 Å². The maximum Gasteiger partial charge on any atom is 0.354 e. The van der Waals surface area contributed by atoms with Crippen LogP contribution in [0.3, 0.4) is 0 Å². The third-order valence-electron chi connectivity index (χ3n) is 2.04. The zero-order chi connectivity index (χ0) is 11.9. The Kier molecular flexibility index (Phi) is 2.26. The Morgan fingerprint density at radius 2 is 1.88 bits per heavy atom. The maximum absolute atomic E-state index is 13.2. The molecule has 0 aliphatic rings. The first-order valence-electron chi connectivity index (χ1n) is 4.18. The van der Waals surface area contributed by atoms with Crippen molar-refractivity contribution in [3.05, 3.63) is 41.3 Å². The lowest BCUT2D eigenvalue weighted by atomic mass is 10.1. The highest BCUT2D eigenvalue weighted by Gasteiger charge is 2.15. The first-order valence-corrected chi connectivity index (χ1v) is 4.18. The summed E-state index contributed by atoms with van der Waals surface area (Å²) in [6.07, 6.45) is 0. The van der Waals surface area contributed by atoms with Gasteiger partial charge in [-0.3, -0.25) is 0 Å². The largest absolute Gasteiger partial charge is 0.477 e. The molecule has 16 heavy (non-hydrogen) atoms. The molecule has 1 N–H and O–H groups in total. The minimum atomic E-state index is -1.37. The van der Waals surface area contributed by atoms with E-state index in [1.54, 1.807) is 0 Å². The summed E-state index contributed by atoms with van der Waals surface area (Å²) in [5.74, 6) is -5.06. The number of hydrogen-bond acceptors (Lipinski definition) is 2. The van der Waals surface area contributed by atoms with E-state index in [9.17, 15) is 18.0 Å². The molecular weight excluding hydrogens is 223 g/mol. The number of halogens is 3. The topological polar surface area (TPSA) is 50.2 Å². The van der Waals surface area contributed by atoms with Gasteiger partial charge in [0, 0.05) is 11.5 Å². The van der Waals surface area contributed by atoms with E-state index in [1.165, 1.54) is 0 Å². The van der Waals surface area contributed by atoms with Gasteiger partial charge in [0.25, 0.3) is 0 Å². The number of benzene rings is 1. The highest BCUT2D eigenvalue weighted by molar-refractivity contribution is 5.90. The van der Waals surface area contributed by atoms with Crippen LogP contribution in [0.2, 0.25) is 0 Å². The van der Waals surface area contributed by atoms with Gasteiger partial charge < -0.3 is 5.11 Å². The molecule has 0 saturated carbocycles. The smallest absolute Gasteiger partial charge is 0.354 e. The second-order valence-electron chi connectivity index (χ2n) is 3.05. The third-order valence-corrected chi connectivity index (χ3v) is 2.04. The molecule has 0 aliphatic heterocycles. The fraction of sp³-hybridized carbons (Fsp3) is 0. The number of carbonyl (C=O) groups is 1. The standard InChI is InChI=1S/C10H4F3NO2/c11-5-3-6(12)9-4(8(5)13)1-2-7(14-9)10(15)16/h1-3H,(H,15,16). The number of carboxylic acids is 1. The van der Waals surface area contributed by atoms with Crippen LogP contribution in [0.15, 0.2) is 18.2 Å². The number of nitrogens with zero attached hydrogens (tertiary/aromatic N) is 1. The number of rotatable bonds is 1. The van der Waals surface area contributed by atoms with E-state index in [1.807, 2.05) is 0 Å². The van der Waals surface area contributed by atoms with Crippen molar-refractivity contribution in [2.24, 2.45) is 0 Å². The van der Waals surface area contributed by atoms with Crippen LogP contribution in [-0.2, 0) is 0 Å². The molecule has 0 fully saturated rings. The van der Waals surface area contributed by atoms with E-state index >= 15 is 0 Å². The molecule has 0 bridgehead atoms. The van der Waals surface area contributed by atoms with Crippen molar-refractivity contribution in [2.45, 2.75) is 0 Å². The van der Waals surface area contributed by atoms with Gasteiger partial charge in [-0.05, 0) is 12.1 Å². The first-order chi connectivity index (χ1) is 7.50. The lowest BCUT2D eigenvalue weighted by molar-refractivity contribution is 0.0691. The van der Waals surface area contributed by atoms with Crippen molar-refractivity contribution in [2.75, 3.05) is 0 Å². The number of aromatic carboxylic acids is 1. The van der Waals surface area contributed by atoms with Crippen LogP contribution in [0.5, 0.6) is 0 Å². The first kappa shape index (κ1) is 10.4. The molecule has 6 heteroatoms. The zero-order valence-electron chi connectivity index (χ0n) is 7.67. The molecule has 0 amide bonds. The minimum Gasteiger partial charge on any atom is -0.477 e. The number of hydrogen-bond donors (Lipinski definition) is 1. The molecule has 0 aliphatic carbocycles. The van der Waals surface area contributed by atoms with Gasteiger partial charge in [-0.15, -0.1) is 0 Å². The summed E-state index contributed by atoms with van der Waals surface area (Å²) in [6, 6.07) is 2.29. The summed E-state index contributed by atoms with van der Waals surface area (Å²) in [5, 5.41) is 8.22. The van der Waals surface area contributed by atoms with Crippen LogP contribution in [0.25, 0.3) is 10.9 Å². The number of pyridine rings is 1. The van der Waals surface area contributed by atoms with Crippen LogP contribution >= 0.6 is 0 Å². The monoisotopic (exact) mass is 227 g/mol. The fourth-order valence-corrected chi connectivity index (χ4v) is 1.31. The average Bonchev–Trinajstić information content (AvgIpc) is 2.25. The van der Waals surface area contributed by atoms with Gasteiger partial charge in [0.05, 0.1) is 0 Å². The molecule has 0 unspecified atom stereocenters. The summed E-state index contributed by atoms with van der Waals surface area (Å²) in [5.41, 5.74) is -0.934. The second kappa shape index (κ2) is 3.48. The number of carboxylic acid groups (broad SMARTS) is 1. The van der Waals surface area contributed by atoms with Gasteiger partial charge in [0.1, 0.15) is 11.2 Å². The summed E-state index contributed by atoms with van der Waals surface area (Å²) < 4.78 is 39.2. The summed E-state index contributed by atoms with van der Waals surface area (Å²) in [6.45, 7) is 0. The molecular formula is C10H4F3NO2. The molecule has 0 saturated heterocycles. The van der Waals surface area contributed by atoms with Crippen LogP contribution in [0.4, 0.5) is 13.2 Å². The predicted octanol–water partition coefficient (Wildman–Crippen LogP) is 2.35. The molecule has 2 rings (SSSR count). The minimum absolute atomic E-state index is 0.330.